The number of nitrogens with zero attached hydrogens (tertiary/aromatic N) is 5. The lowest BCUT2D eigenvalue weighted by Gasteiger charge is -2.31. The Morgan fingerprint density at radius 3 is 3.06 bits per heavy atom. The van der Waals surface area contributed by atoms with E-state index in [4.69, 9.17) is 4.74 Å². The molecule has 1 unspecified atom stereocenters. The highest BCUT2D eigenvalue weighted by molar-refractivity contribution is 5.97. The fourth-order valence-corrected chi connectivity index (χ4v) is 4.06. The molecule has 5 rings (SSSR count). The Kier molecular flexibility index (Phi) is 5.57. The Bertz CT molecular complexity index is 1340. The number of nitrogens with one attached hydrogen (secondary N) is 2. The highest BCUT2D eigenvalue weighted by atomic mass is 16.5. The zero-order chi connectivity index (χ0) is 22.8. The third-order valence-electron chi connectivity index (χ3n) is 5.72. The summed E-state index contributed by atoms with van der Waals surface area (Å²) < 4.78 is 7.14. The maximum Gasteiger partial charge on any atom is 0.251 e. The van der Waals surface area contributed by atoms with Gasteiger partial charge in [-0.2, -0.15) is 14.8 Å². The van der Waals surface area contributed by atoms with Crippen LogP contribution in [0.5, 0.6) is 0 Å². The summed E-state index contributed by atoms with van der Waals surface area (Å²) in [6.07, 6.45) is 6.43. The van der Waals surface area contributed by atoms with Gasteiger partial charge < -0.3 is 19.9 Å². The Labute approximate surface area is 189 Å². The van der Waals surface area contributed by atoms with E-state index in [1.165, 1.54) is 6.08 Å². The predicted molar refractivity (Wildman–Crippen MR) is 121 cm³/mol. The molecular weight excluding hydrogens is 422 g/mol. The molecule has 33 heavy (non-hydrogen) atoms. The Balaban J connectivity index is 1.27. The molecule has 1 aliphatic heterocycles. The highest BCUT2D eigenvalue weighted by Crippen LogP contribution is 2.30. The molecule has 2 N–H and O–H groups in total. The van der Waals surface area contributed by atoms with Gasteiger partial charge in [0.2, 0.25) is 5.91 Å². The van der Waals surface area contributed by atoms with Crippen LogP contribution in [0.3, 0.4) is 0 Å². The fraction of sp³-hybridized carbons (Fsp3) is 0.261. The van der Waals surface area contributed by atoms with Crippen molar-refractivity contribution < 1.29 is 14.3 Å². The second-order valence-electron chi connectivity index (χ2n) is 7.76. The number of hydrogen-bond donors (Lipinski definition) is 2. The van der Waals surface area contributed by atoms with Crippen molar-refractivity contribution in [3.8, 4) is 11.1 Å². The molecule has 4 aromatic rings. The lowest BCUT2D eigenvalue weighted by atomic mass is 10.1. The first-order valence-corrected chi connectivity index (χ1v) is 10.7. The molecule has 5 heterocycles. The monoisotopic (exact) mass is 445 g/mol. The molecule has 10 nitrogen and oxygen atoms in total. The summed E-state index contributed by atoms with van der Waals surface area (Å²) in [5.74, 6) is -0.426. The molecule has 1 saturated heterocycles. The van der Waals surface area contributed by atoms with Crippen molar-refractivity contribution in [1.82, 2.24) is 35.0 Å². The van der Waals surface area contributed by atoms with Crippen molar-refractivity contribution in [2.45, 2.75) is 12.5 Å². The smallest absolute Gasteiger partial charge is 0.251 e. The van der Waals surface area contributed by atoms with Crippen molar-refractivity contribution in [2.75, 3.05) is 26.2 Å². The minimum Gasteiger partial charge on any atom is -0.365 e. The summed E-state index contributed by atoms with van der Waals surface area (Å²) in [5, 5.41) is 12.4. The first kappa shape index (κ1) is 20.8. The lowest BCUT2D eigenvalue weighted by molar-refractivity contribution is -0.144. The Morgan fingerprint density at radius 1 is 1.27 bits per heavy atom. The molecule has 0 saturated carbocycles. The minimum atomic E-state index is -0.678. The van der Waals surface area contributed by atoms with Gasteiger partial charge in [-0.1, -0.05) is 6.58 Å². The molecule has 0 radical (unpaired) electrons. The van der Waals surface area contributed by atoms with E-state index in [-0.39, 0.29) is 18.4 Å². The Morgan fingerprint density at radius 2 is 2.18 bits per heavy atom. The molecule has 0 aliphatic carbocycles. The molecule has 4 aromatic heterocycles. The van der Waals surface area contributed by atoms with Crippen molar-refractivity contribution in [3.63, 3.8) is 0 Å². The van der Waals surface area contributed by atoms with Gasteiger partial charge in [0.25, 0.3) is 5.91 Å². The topological polar surface area (TPSA) is 118 Å². The highest BCUT2D eigenvalue weighted by Gasteiger charge is 2.28. The first-order chi connectivity index (χ1) is 16.1. The predicted octanol–water partition coefficient (Wildman–Crippen LogP) is 1.34. The van der Waals surface area contributed by atoms with Gasteiger partial charge in [0, 0.05) is 48.5 Å². The fourth-order valence-electron chi connectivity index (χ4n) is 4.06. The van der Waals surface area contributed by atoms with Gasteiger partial charge in [0.1, 0.15) is 5.65 Å². The number of aromatic amines is 1. The van der Waals surface area contributed by atoms with Crippen LogP contribution in [-0.4, -0.2) is 73.9 Å². The van der Waals surface area contributed by atoms with Crippen LogP contribution in [0.1, 0.15) is 5.69 Å². The molecule has 1 atom stereocenters. The summed E-state index contributed by atoms with van der Waals surface area (Å²) >= 11 is 0. The van der Waals surface area contributed by atoms with E-state index in [9.17, 15) is 9.59 Å². The first-order valence-electron chi connectivity index (χ1n) is 10.7. The van der Waals surface area contributed by atoms with Crippen molar-refractivity contribution in [1.29, 1.82) is 0 Å². The number of carbonyl (C=O) groups excluding carboxylic acids is 2. The molecule has 168 valence electrons. The zero-order valence-corrected chi connectivity index (χ0v) is 17.9. The Hall–Kier alpha value is -4.05. The van der Waals surface area contributed by atoms with E-state index in [0.29, 0.717) is 26.1 Å². The summed E-state index contributed by atoms with van der Waals surface area (Å²) in [5.41, 5.74) is 4.62. The minimum absolute atomic E-state index is 0.195. The van der Waals surface area contributed by atoms with E-state index >= 15 is 0 Å². The van der Waals surface area contributed by atoms with Gasteiger partial charge >= 0.3 is 0 Å². The van der Waals surface area contributed by atoms with Crippen LogP contribution in [-0.2, 0) is 20.7 Å². The molecule has 10 heteroatoms. The molecule has 1 fully saturated rings. The quantitative estimate of drug-likeness (QED) is 0.433. The summed E-state index contributed by atoms with van der Waals surface area (Å²) in [7, 11) is 0. The van der Waals surface area contributed by atoms with Crippen LogP contribution >= 0.6 is 0 Å². The number of amides is 2. The summed E-state index contributed by atoms with van der Waals surface area (Å²) in [6.45, 7) is 4.94. The van der Waals surface area contributed by atoms with Crippen LogP contribution in [0.25, 0.3) is 27.7 Å². The van der Waals surface area contributed by atoms with Crippen LogP contribution < -0.4 is 5.32 Å². The number of ether oxygens (including phenoxy) is 1. The molecule has 0 bridgehead atoms. The van der Waals surface area contributed by atoms with E-state index in [0.717, 1.165) is 33.4 Å². The molecular formula is C23H23N7O3. The van der Waals surface area contributed by atoms with Crippen LogP contribution in [0, 0.1) is 0 Å². The SMILES string of the molecule is C=CC(=O)N1CCOC(C(=O)NCCc2cc3c(-c4cnn5ncccc45)ccnc3[nH]2)C1. The van der Waals surface area contributed by atoms with Crippen molar-refractivity contribution in [3.05, 3.63) is 61.2 Å². The molecule has 1 aliphatic rings. The average Bonchev–Trinajstić information content (AvgIpc) is 3.47. The van der Waals surface area contributed by atoms with Crippen molar-refractivity contribution in [2.24, 2.45) is 0 Å². The number of morpholine rings is 1. The number of pyridine rings is 1. The number of carbonyl (C=O) groups is 2. The van der Waals surface area contributed by atoms with Gasteiger partial charge in [0.05, 0.1) is 24.9 Å². The third kappa shape index (κ3) is 4.08. The molecule has 2 amide bonds. The number of H-pyrrole nitrogens is 1. The zero-order valence-electron chi connectivity index (χ0n) is 17.9. The molecule has 0 spiro atoms. The number of aromatic nitrogens is 5. The standard InChI is InChI=1S/C23H23N7O3/c1-2-21(31)29-10-11-33-20(14-29)23(32)25-8-5-15-12-17-16(6-9-24-22(17)28-15)18-13-27-30-19(18)4-3-7-26-30/h2-4,6-7,9,12-13,20H,1,5,8,10-11,14H2,(H,24,28)(H,25,32). The number of fused-ring (bicyclic) bond motifs is 2. The van der Waals surface area contributed by atoms with E-state index in [1.807, 2.05) is 24.3 Å². The maximum atomic E-state index is 12.5. The van der Waals surface area contributed by atoms with Crippen LogP contribution in [0.15, 0.2) is 55.5 Å². The van der Waals surface area contributed by atoms with Gasteiger partial charge in [0.15, 0.2) is 6.10 Å². The summed E-state index contributed by atoms with van der Waals surface area (Å²) in [6, 6.07) is 7.86. The van der Waals surface area contributed by atoms with E-state index in [2.05, 4.69) is 32.1 Å². The van der Waals surface area contributed by atoms with Crippen molar-refractivity contribution >= 4 is 28.4 Å². The van der Waals surface area contributed by atoms with Gasteiger partial charge in [-0.05, 0) is 35.9 Å². The molecule has 0 aromatic carbocycles. The third-order valence-corrected chi connectivity index (χ3v) is 5.72. The average molecular weight is 445 g/mol. The normalized spacial score (nSPS) is 16.2. The second-order valence-corrected chi connectivity index (χ2v) is 7.76. The van der Waals surface area contributed by atoms with Crippen LogP contribution in [0.2, 0.25) is 0 Å². The van der Waals surface area contributed by atoms with E-state index < -0.39 is 6.10 Å². The van der Waals surface area contributed by atoms with Gasteiger partial charge in [-0.3, -0.25) is 9.59 Å². The number of hydrogen-bond acceptors (Lipinski definition) is 6. The second kappa shape index (κ2) is 8.83. The van der Waals surface area contributed by atoms with E-state index in [1.54, 1.807) is 28.1 Å². The van der Waals surface area contributed by atoms with Gasteiger partial charge in [-0.15, -0.1) is 0 Å². The number of rotatable bonds is 6. The lowest BCUT2D eigenvalue weighted by Crippen LogP contribution is -2.51. The maximum absolute atomic E-state index is 12.5. The summed E-state index contributed by atoms with van der Waals surface area (Å²) in [4.78, 5) is 33.7. The largest absolute Gasteiger partial charge is 0.365 e. The van der Waals surface area contributed by atoms with Crippen LogP contribution in [0.4, 0.5) is 0 Å². The van der Waals surface area contributed by atoms with Gasteiger partial charge in [-0.25, -0.2) is 4.98 Å².